The molecule has 0 radical (unpaired) electrons. The molecule has 4 fully saturated rings. The summed E-state index contributed by atoms with van der Waals surface area (Å²) in [4.78, 5) is 22.4. The number of carboxylic acids is 1. The normalized spacial score (nSPS) is 46.3. The van der Waals surface area contributed by atoms with E-state index >= 15 is 0 Å². The molecule has 0 aromatic heterocycles. The number of aliphatic carboxylic acids is 1. The maximum absolute atomic E-state index is 11.5. The number of esters is 1. The number of carbonyl (C=O) groups excluding carboxylic acids is 2. The SMILES string of the molecule is CC(=O)O[C@H]1CC[C@@]2(C)C3CC[C@]4(C)C(CC[C@H]4C(C)CCC(=O)[O-])C3CC[C@H]2C1. The van der Waals surface area contributed by atoms with E-state index in [0.29, 0.717) is 28.6 Å². The van der Waals surface area contributed by atoms with Crippen molar-refractivity contribution in [3.8, 4) is 0 Å². The molecular formula is C26H41O4-. The van der Waals surface area contributed by atoms with E-state index in [1.54, 1.807) is 0 Å². The van der Waals surface area contributed by atoms with E-state index in [9.17, 15) is 14.7 Å². The Balaban J connectivity index is 1.47. The summed E-state index contributed by atoms with van der Waals surface area (Å²) in [7, 11) is 0. The Morgan fingerprint density at radius 3 is 2.40 bits per heavy atom. The van der Waals surface area contributed by atoms with Crippen LogP contribution in [-0.4, -0.2) is 18.0 Å². The molecule has 0 aromatic carbocycles. The summed E-state index contributed by atoms with van der Waals surface area (Å²) in [6.45, 7) is 8.90. The molecule has 9 atom stereocenters. The lowest BCUT2D eigenvalue weighted by atomic mass is 9.44. The summed E-state index contributed by atoms with van der Waals surface area (Å²) >= 11 is 0. The Hall–Kier alpha value is -1.06. The fourth-order valence-electron chi connectivity index (χ4n) is 9.08. The first-order valence-corrected chi connectivity index (χ1v) is 12.5. The molecule has 0 heterocycles. The van der Waals surface area contributed by atoms with Crippen LogP contribution < -0.4 is 5.11 Å². The number of hydrogen-bond donors (Lipinski definition) is 0. The number of carbonyl (C=O) groups is 2. The standard InChI is InChI=1S/C26H42O4/c1-16(5-10-24(28)29)21-8-9-22-20-7-6-18-15-19(30-17(2)27)11-13-25(18,3)23(20)12-14-26(21,22)4/h16,18-23H,5-15H2,1-4H3,(H,28,29)/p-1/t16?,18-,19-,20?,21-,22?,23?,25+,26-/m0/s1. The van der Waals surface area contributed by atoms with Crippen LogP contribution in [0.5, 0.6) is 0 Å². The number of carboxylic acid groups (broad SMARTS) is 1. The smallest absolute Gasteiger partial charge is 0.302 e. The van der Waals surface area contributed by atoms with Gasteiger partial charge in [-0.05, 0) is 117 Å². The van der Waals surface area contributed by atoms with E-state index in [1.807, 2.05) is 0 Å². The van der Waals surface area contributed by atoms with Gasteiger partial charge in [0.25, 0.3) is 0 Å². The van der Waals surface area contributed by atoms with E-state index in [0.717, 1.165) is 37.0 Å². The second-order valence-electron chi connectivity index (χ2n) is 11.8. The second-order valence-corrected chi connectivity index (χ2v) is 11.8. The van der Waals surface area contributed by atoms with Crippen LogP contribution in [0.2, 0.25) is 0 Å². The molecule has 4 rings (SSSR count). The van der Waals surface area contributed by atoms with Crippen molar-refractivity contribution in [3.05, 3.63) is 0 Å². The van der Waals surface area contributed by atoms with Gasteiger partial charge in [0.05, 0.1) is 0 Å². The van der Waals surface area contributed by atoms with Crippen LogP contribution in [0.4, 0.5) is 0 Å². The third-order valence-electron chi connectivity index (χ3n) is 10.5. The molecule has 0 amide bonds. The van der Waals surface area contributed by atoms with Crippen molar-refractivity contribution in [2.75, 3.05) is 0 Å². The Labute approximate surface area is 182 Å². The minimum absolute atomic E-state index is 0.129. The molecule has 0 spiro atoms. The van der Waals surface area contributed by atoms with Gasteiger partial charge in [-0.2, -0.15) is 0 Å². The van der Waals surface area contributed by atoms with Crippen molar-refractivity contribution >= 4 is 11.9 Å². The van der Waals surface area contributed by atoms with E-state index in [-0.39, 0.29) is 18.5 Å². The lowest BCUT2D eigenvalue weighted by molar-refractivity contribution is -0.306. The van der Waals surface area contributed by atoms with Crippen LogP contribution in [0.25, 0.3) is 0 Å². The van der Waals surface area contributed by atoms with Gasteiger partial charge < -0.3 is 14.6 Å². The molecule has 0 saturated heterocycles. The molecule has 4 nitrogen and oxygen atoms in total. The lowest BCUT2D eigenvalue weighted by Gasteiger charge is -2.61. The summed E-state index contributed by atoms with van der Waals surface area (Å²) in [5.74, 6) is 3.24. The Morgan fingerprint density at radius 1 is 1.00 bits per heavy atom. The van der Waals surface area contributed by atoms with Gasteiger partial charge in [0.1, 0.15) is 6.10 Å². The lowest BCUT2D eigenvalue weighted by Crippen LogP contribution is -2.54. The molecular weight excluding hydrogens is 376 g/mol. The van der Waals surface area contributed by atoms with Crippen LogP contribution in [0, 0.1) is 46.3 Å². The van der Waals surface area contributed by atoms with Crippen molar-refractivity contribution in [2.45, 2.75) is 104 Å². The maximum Gasteiger partial charge on any atom is 0.302 e. The number of rotatable bonds is 5. The van der Waals surface area contributed by atoms with Crippen molar-refractivity contribution in [2.24, 2.45) is 46.3 Å². The van der Waals surface area contributed by atoms with Gasteiger partial charge in [0, 0.05) is 12.9 Å². The molecule has 4 aliphatic rings. The quantitative estimate of drug-likeness (QED) is 0.606. The molecule has 0 N–H and O–H groups in total. The van der Waals surface area contributed by atoms with Crippen LogP contribution in [0.1, 0.15) is 98.3 Å². The average Bonchev–Trinajstić information content (AvgIpc) is 3.03. The minimum Gasteiger partial charge on any atom is -0.550 e. The average molecular weight is 418 g/mol. The van der Waals surface area contributed by atoms with E-state index in [4.69, 9.17) is 4.74 Å². The molecule has 4 unspecified atom stereocenters. The van der Waals surface area contributed by atoms with Gasteiger partial charge >= 0.3 is 5.97 Å². The van der Waals surface area contributed by atoms with Gasteiger partial charge in [-0.1, -0.05) is 20.8 Å². The van der Waals surface area contributed by atoms with Crippen molar-refractivity contribution in [1.29, 1.82) is 0 Å². The maximum atomic E-state index is 11.5. The van der Waals surface area contributed by atoms with Gasteiger partial charge in [0.15, 0.2) is 0 Å². The van der Waals surface area contributed by atoms with Gasteiger partial charge in [-0.3, -0.25) is 4.79 Å². The fraction of sp³-hybridized carbons (Fsp3) is 0.923. The van der Waals surface area contributed by atoms with Crippen molar-refractivity contribution < 1.29 is 19.4 Å². The summed E-state index contributed by atoms with van der Waals surface area (Å²) < 4.78 is 5.60. The van der Waals surface area contributed by atoms with Crippen LogP contribution >= 0.6 is 0 Å². The molecule has 4 saturated carbocycles. The minimum atomic E-state index is -0.902. The van der Waals surface area contributed by atoms with Crippen molar-refractivity contribution in [1.82, 2.24) is 0 Å². The monoisotopic (exact) mass is 417 g/mol. The zero-order valence-electron chi connectivity index (χ0n) is 19.5. The third kappa shape index (κ3) is 3.71. The largest absolute Gasteiger partial charge is 0.550 e. The molecule has 4 aliphatic carbocycles. The highest BCUT2D eigenvalue weighted by molar-refractivity contribution is 5.66. The predicted octanol–water partition coefficient (Wildman–Crippen LogP) is 4.74. The highest BCUT2D eigenvalue weighted by atomic mass is 16.5. The van der Waals surface area contributed by atoms with Crippen LogP contribution in [0.15, 0.2) is 0 Å². The van der Waals surface area contributed by atoms with Crippen LogP contribution in [0.3, 0.4) is 0 Å². The summed E-state index contributed by atoms with van der Waals surface area (Å²) in [5.41, 5.74) is 0.782. The highest BCUT2D eigenvalue weighted by Crippen LogP contribution is 2.68. The number of fused-ring (bicyclic) bond motifs is 5. The first kappa shape index (κ1) is 22.1. The van der Waals surface area contributed by atoms with Crippen molar-refractivity contribution in [3.63, 3.8) is 0 Å². The molecule has 4 heteroatoms. The molecule has 170 valence electrons. The fourth-order valence-corrected chi connectivity index (χ4v) is 9.08. The third-order valence-corrected chi connectivity index (χ3v) is 10.5. The first-order chi connectivity index (χ1) is 14.1. The predicted molar refractivity (Wildman–Crippen MR) is 114 cm³/mol. The van der Waals surface area contributed by atoms with Crippen LogP contribution in [-0.2, 0) is 14.3 Å². The highest BCUT2D eigenvalue weighted by Gasteiger charge is 2.60. The number of ether oxygens (including phenoxy) is 1. The Morgan fingerprint density at radius 2 is 1.70 bits per heavy atom. The topological polar surface area (TPSA) is 66.4 Å². The van der Waals surface area contributed by atoms with E-state index in [1.165, 1.54) is 51.9 Å². The van der Waals surface area contributed by atoms with Gasteiger partial charge in [-0.25, -0.2) is 0 Å². The van der Waals surface area contributed by atoms with Gasteiger partial charge in [0.2, 0.25) is 0 Å². The molecule has 30 heavy (non-hydrogen) atoms. The Bertz CT molecular complexity index is 674. The molecule has 0 aromatic rings. The Kier molecular flexibility index (Phi) is 6.00. The first-order valence-electron chi connectivity index (χ1n) is 12.5. The summed E-state index contributed by atoms with van der Waals surface area (Å²) in [6.07, 6.45) is 12.2. The zero-order chi connectivity index (χ0) is 21.7. The molecule has 0 bridgehead atoms. The zero-order valence-corrected chi connectivity index (χ0v) is 19.5. The van der Waals surface area contributed by atoms with E-state index < -0.39 is 5.97 Å². The van der Waals surface area contributed by atoms with Gasteiger partial charge in [-0.15, -0.1) is 0 Å². The second kappa shape index (κ2) is 8.13. The molecule has 0 aliphatic heterocycles. The summed E-state index contributed by atoms with van der Waals surface area (Å²) in [5, 5.41) is 11.0. The number of hydrogen-bond acceptors (Lipinski definition) is 4. The summed E-state index contributed by atoms with van der Waals surface area (Å²) in [6, 6.07) is 0. The van der Waals surface area contributed by atoms with E-state index in [2.05, 4.69) is 20.8 Å².